The Morgan fingerprint density at radius 1 is 1.38 bits per heavy atom. The van der Waals surface area contributed by atoms with Crippen molar-refractivity contribution in [3.05, 3.63) is 24.0 Å². The molecule has 1 unspecified atom stereocenters. The van der Waals surface area contributed by atoms with Crippen LogP contribution in [0.25, 0.3) is 0 Å². The van der Waals surface area contributed by atoms with E-state index < -0.39 is 0 Å². The molecule has 1 aromatic rings. The predicted molar refractivity (Wildman–Crippen MR) is 53.2 cm³/mol. The van der Waals surface area contributed by atoms with Crippen molar-refractivity contribution in [2.75, 3.05) is 12.3 Å². The summed E-state index contributed by atoms with van der Waals surface area (Å²) in [5, 5.41) is 3.45. The van der Waals surface area contributed by atoms with Crippen LogP contribution in [0.4, 0.5) is 5.69 Å². The summed E-state index contributed by atoms with van der Waals surface area (Å²) in [7, 11) is 0. The molecule has 0 bridgehead atoms. The van der Waals surface area contributed by atoms with Gasteiger partial charge in [0.1, 0.15) is 0 Å². The van der Waals surface area contributed by atoms with Gasteiger partial charge >= 0.3 is 0 Å². The van der Waals surface area contributed by atoms with Gasteiger partial charge in [-0.25, -0.2) is 0 Å². The summed E-state index contributed by atoms with van der Waals surface area (Å²) in [5.41, 5.74) is 7.43. The van der Waals surface area contributed by atoms with E-state index in [1.807, 2.05) is 12.1 Å². The molecule has 0 amide bonds. The minimum absolute atomic E-state index is 0.439. The van der Waals surface area contributed by atoms with Gasteiger partial charge in [-0.2, -0.15) is 0 Å². The maximum atomic E-state index is 5.57. The third-order valence-corrected chi connectivity index (χ3v) is 2.48. The summed E-state index contributed by atoms with van der Waals surface area (Å²) in [6, 6.07) is 4.37. The zero-order chi connectivity index (χ0) is 9.10. The van der Waals surface area contributed by atoms with Crippen molar-refractivity contribution >= 4 is 5.69 Å². The van der Waals surface area contributed by atoms with Crippen LogP contribution in [0.15, 0.2) is 18.3 Å². The third kappa shape index (κ3) is 1.98. The number of nitrogens with two attached hydrogens (primary N) is 1. The van der Waals surface area contributed by atoms with Gasteiger partial charge in [0.2, 0.25) is 0 Å². The van der Waals surface area contributed by atoms with Crippen LogP contribution < -0.4 is 11.1 Å². The molecule has 70 valence electrons. The molecule has 0 spiro atoms. The van der Waals surface area contributed by atoms with E-state index in [1.165, 1.54) is 19.3 Å². The average molecular weight is 177 g/mol. The number of nitrogens with one attached hydrogen (secondary N) is 1. The monoisotopic (exact) mass is 177 g/mol. The second-order valence-electron chi connectivity index (χ2n) is 3.52. The second-order valence-corrected chi connectivity index (χ2v) is 3.52. The van der Waals surface area contributed by atoms with Crippen molar-refractivity contribution in [1.29, 1.82) is 0 Å². The van der Waals surface area contributed by atoms with Crippen LogP contribution >= 0.6 is 0 Å². The maximum Gasteiger partial charge on any atom is 0.0574 e. The zero-order valence-corrected chi connectivity index (χ0v) is 7.66. The normalized spacial score (nSPS) is 22.9. The van der Waals surface area contributed by atoms with E-state index >= 15 is 0 Å². The van der Waals surface area contributed by atoms with Crippen molar-refractivity contribution < 1.29 is 0 Å². The van der Waals surface area contributed by atoms with E-state index in [9.17, 15) is 0 Å². The van der Waals surface area contributed by atoms with Gasteiger partial charge in [0, 0.05) is 6.04 Å². The van der Waals surface area contributed by atoms with Crippen LogP contribution in [0.2, 0.25) is 0 Å². The molecule has 0 aliphatic carbocycles. The highest BCUT2D eigenvalue weighted by Crippen LogP contribution is 2.21. The summed E-state index contributed by atoms with van der Waals surface area (Å²) in [6.07, 6.45) is 5.50. The highest BCUT2D eigenvalue weighted by molar-refractivity contribution is 5.35. The molecule has 0 saturated carbocycles. The number of piperidine rings is 1. The van der Waals surface area contributed by atoms with Crippen LogP contribution in [0.5, 0.6) is 0 Å². The smallest absolute Gasteiger partial charge is 0.0574 e. The van der Waals surface area contributed by atoms with Gasteiger partial charge in [-0.1, -0.05) is 6.42 Å². The summed E-state index contributed by atoms with van der Waals surface area (Å²) in [6.45, 7) is 1.11. The molecule has 1 saturated heterocycles. The molecule has 2 rings (SSSR count). The van der Waals surface area contributed by atoms with Crippen molar-refractivity contribution in [3.8, 4) is 0 Å². The number of nitrogens with zero attached hydrogens (tertiary/aromatic N) is 1. The van der Waals surface area contributed by atoms with E-state index in [-0.39, 0.29) is 0 Å². The first-order valence-electron chi connectivity index (χ1n) is 4.81. The molecule has 1 aliphatic rings. The molecule has 1 atom stereocenters. The first-order valence-corrected chi connectivity index (χ1v) is 4.81. The fraction of sp³-hybridized carbons (Fsp3) is 0.500. The molecular formula is C10H15N3. The van der Waals surface area contributed by atoms with Crippen LogP contribution in [0.3, 0.4) is 0 Å². The standard InChI is InChI=1S/C10H15N3/c11-8-4-5-10(13-7-8)9-3-1-2-6-12-9/h4-5,7,9,12H,1-3,6,11H2. The lowest BCUT2D eigenvalue weighted by molar-refractivity contribution is 0.405. The first kappa shape index (κ1) is 8.51. The van der Waals surface area contributed by atoms with Crippen LogP contribution in [-0.2, 0) is 0 Å². The van der Waals surface area contributed by atoms with Gasteiger partial charge in [-0.15, -0.1) is 0 Å². The molecule has 0 aromatic carbocycles. The summed E-state index contributed by atoms with van der Waals surface area (Å²) >= 11 is 0. The number of hydrogen-bond acceptors (Lipinski definition) is 3. The van der Waals surface area contributed by atoms with Gasteiger partial charge in [0.25, 0.3) is 0 Å². The lowest BCUT2D eigenvalue weighted by atomic mass is 10.0. The fourth-order valence-electron chi connectivity index (χ4n) is 1.73. The van der Waals surface area contributed by atoms with E-state index in [1.54, 1.807) is 6.20 Å². The Morgan fingerprint density at radius 3 is 2.92 bits per heavy atom. The molecule has 3 heteroatoms. The summed E-state index contributed by atoms with van der Waals surface area (Å²) in [5.74, 6) is 0. The van der Waals surface area contributed by atoms with Crippen molar-refractivity contribution in [1.82, 2.24) is 10.3 Å². The number of nitrogen functional groups attached to an aromatic ring is 1. The Hall–Kier alpha value is -1.09. The Labute approximate surface area is 78.4 Å². The average Bonchev–Trinajstić information content (AvgIpc) is 2.20. The van der Waals surface area contributed by atoms with E-state index in [2.05, 4.69) is 10.3 Å². The molecular weight excluding hydrogens is 162 g/mol. The molecule has 0 radical (unpaired) electrons. The minimum atomic E-state index is 0.439. The van der Waals surface area contributed by atoms with E-state index in [4.69, 9.17) is 5.73 Å². The van der Waals surface area contributed by atoms with Crippen LogP contribution in [-0.4, -0.2) is 11.5 Å². The molecule has 2 heterocycles. The third-order valence-electron chi connectivity index (χ3n) is 2.48. The quantitative estimate of drug-likeness (QED) is 0.683. The number of rotatable bonds is 1. The SMILES string of the molecule is Nc1ccc(C2CCCCN2)nc1. The Morgan fingerprint density at radius 2 is 2.31 bits per heavy atom. The molecule has 1 aromatic heterocycles. The van der Waals surface area contributed by atoms with E-state index in [0.29, 0.717) is 6.04 Å². The lowest BCUT2D eigenvalue weighted by Crippen LogP contribution is -2.27. The first-order chi connectivity index (χ1) is 6.36. The molecule has 1 fully saturated rings. The predicted octanol–water partition coefficient (Wildman–Crippen LogP) is 1.48. The molecule has 1 aliphatic heterocycles. The van der Waals surface area contributed by atoms with Gasteiger partial charge in [-0.3, -0.25) is 4.98 Å². The highest BCUT2D eigenvalue weighted by Gasteiger charge is 2.14. The van der Waals surface area contributed by atoms with Crippen molar-refractivity contribution in [2.24, 2.45) is 0 Å². The summed E-state index contributed by atoms with van der Waals surface area (Å²) < 4.78 is 0. The lowest BCUT2D eigenvalue weighted by Gasteiger charge is -2.22. The Kier molecular flexibility index (Phi) is 2.45. The maximum absolute atomic E-state index is 5.57. The van der Waals surface area contributed by atoms with Crippen LogP contribution in [0.1, 0.15) is 31.0 Å². The van der Waals surface area contributed by atoms with Crippen LogP contribution in [0, 0.1) is 0 Å². The van der Waals surface area contributed by atoms with E-state index in [0.717, 1.165) is 17.9 Å². The molecule has 3 N–H and O–H groups in total. The topological polar surface area (TPSA) is 50.9 Å². The molecule has 3 nitrogen and oxygen atoms in total. The number of hydrogen-bond donors (Lipinski definition) is 2. The van der Waals surface area contributed by atoms with Gasteiger partial charge in [-0.05, 0) is 31.5 Å². The number of anilines is 1. The Bertz CT molecular complexity index is 262. The van der Waals surface area contributed by atoms with Gasteiger partial charge in [0.15, 0.2) is 0 Å². The number of aromatic nitrogens is 1. The van der Waals surface area contributed by atoms with Gasteiger partial charge < -0.3 is 11.1 Å². The largest absolute Gasteiger partial charge is 0.397 e. The Balaban J connectivity index is 2.10. The fourth-order valence-corrected chi connectivity index (χ4v) is 1.73. The van der Waals surface area contributed by atoms with Gasteiger partial charge in [0.05, 0.1) is 17.6 Å². The van der Waals surface area contributed by atoms with Crippen molar-refractivity contribution in [2.45, 2.75) is 25.3 Å². The number of pyridine rings is 1. The highest BCUT2D eigenvalue weighted by atomic mass is 14.9. The zero-order valence-electron chi connectivity index (χ0n) is 7.66. The summed E-state index contributed by atoms with van der Waals surface area (Å²) in [4.78, 5) is 4.31. The second kappa shape index (κ2) is 3.75. The minimum Gasteiger partial charge on any atom is -0.397 e. The van der Waals surface area contributed by atoms with Crippen molar-refractivity contribution in [3.63, 3.8) is 0 Å². The molecule has 13 heavy (non-hydrogen) atoms.